The molecule has 0 unspecified atom stereocenters. The van der Waals surface area contributed by atoms with Gasteiger partial charge in [-0.1, -0.05) is 164 Å². The molecular weight excluding hydrogens is 593 g/mol. The molecule has 0 saturated heterocycles. The predicted octanol–water partition coefficient (Wildman–Crippen LogP) is 13.7. The second kappa shape index (κ2) is 11.1. The van der Waals surface area contributed by atoms with Gasteiger partial charge in [0.2, 0.25) is 0 Å². The van der Waals surface area contributed by atoms with Gasteiger partial charge in [0.1, 0.15) is 11.2 Å². The summed E-state index contributed by atoms with van der Waals surface area (Å²) in [7, 11) is 0. The van der Waals surface area contributed by atoms with Crippen molar-refractivity contribution < 1.29 is 22.2 Å². The maximum absolute atomic E-state index is 9.75. The van der Waals surface area contributed by atoms with Crippen LogP contribution >= 0.6 is 0 Å². The first kappa shape index (κ1) is 17.6. The van der Waals surface area contributed by atoms with E-state index >= 15 is 0 Å². The lowest BCUT2D eigenvalue weighted by Crippen LogP contribution is -1.91. The quantitative estimate of drug-likeness (QED) is 0.175. The predicted molar refractivity (Wildman–Crippen MR) is 208 cm³/mol. The number of benzene rings is 9. The molecule has 0 spiro atoms. The van der Waals surface area contributed by atoms with Crippen molar-refractivity contribution in [3.63, 3.8) is 0 Å². The lowest BCUT2D eigenvalue weighted by Gasteiger charge is -2.18. The van der Waals surface area contributed by atoms with Gasteiger partial charge < -0.3 is 4.42 Å². The summed E-state index contributed by atoms with van der Waals surface area (Å²) in [5.41, 5.74) is 3.03. The molecule has 0 atom stereocenters. The maximum atomic E-state index is 9.75. The second-order valence-electron chi connectivity index (χ2n) is 11.8. The van der Waals surface area contributed by atoms with Crippen molar-refractivity contribution in [2.24, 2.45) is 0 Å². The van der Waals surface area contributed by atoms with Crippen LogP contribution < -0.4 is 0 Å². The van der Waals surface area contributed by atoms with Crippen molar-refractivity contribution >= 4 is 54.3 Å². The molecule has 0 aliphatic heterocycles. The van der Waals surface area contributed by atoms with Crippen LogP contribution in [0.15, 0.2) is 186 Å². The van der Waals surface area contributed by atoms with Crippen LogP contribution in [-0.2, 0) is 0 Å². The van der Waals surface area contributed by atoms with Gasteiger partial charge in [0.25, 0.3) is 0 Å². The fraction of sp³-hybridized carbons (Fsp3) is 0. The Morgan fingerprint density at radius 3 is 1.55 bits per heavy atom. The highest BCUT2D eigenvalue weighted by Crippen LogP contribution is 2.45. The topological polar surface area (TPSA) is 13.1 Å². The number of furan rings is 1. The summed E-state index contributed by atoms with van der Waals surface area (Å²) in [6, 6.07) is 26.0. The Balaban J connectivity index is 1.26. The first-order chi connectivity index (χ1) is 29.7. The van der Waals surface area contributed by atoms with Crippen molar-refractivity contribution in [2.75, 3.05) is 0 Å². The summed E-state index contributed by atoms with van der Waals surface area (Å²) in [5, 5.41) is 1.43. The Hall–Kier alpha value is -6.44. The van der Waals surface area contributed by atoms with Crippen molar-refractivity contribution in [3.05, 3.63) is 182 Å². The molecular formula is C48H30O. The molecule has 0 aliphatic rings. The monoisotopic (exact) mass is 635 g/mol. The van der Waals surface area contributed by atoms with E-state index in [1.54, 1.807) is 60.7 Å². The number of rotatable bonds is 4. The minimum Gasteiger partial charge on any atom is -0.455 e. The molecule has 0 fully saturated rings. The van der Waals surface area contributed by atoms with Gasteiger partial charge in [-0.2, -0.15) is 0 Å². The van der Waals surface area contributed by atoms with Crippen molar-refractivity contribution in [1.29, 1.82) is 0 Å². The molecule has 0 amide bonds. The van der Waals surface area contributed by atoms with Crippen LogP contribution in [0.2, 0.25) is 0 Å². The van der Waals surface area contributed by atoms with E-state index < -0.39 is 42.3 Å². The molecule has 10 rings (SSSR count). The maximum Gasteiger partial charge on any atom is 0.143 e. The molecule has 1 heterocycles. The summed E-state index contributed by atoms with van der Waals surface area (Å²) in [6.07, 6.45) is 0. The summed E-state index contributed by atoms with van der Waals surface area (Å²) < 4.78 is 124. The minimum atomic E-state index is -0.580. The van der Waals surface area contributed by atoms with E-state index in [9.17, 15) is 9.60 Å². The Kier molecular flexibility index (Phi) is 3.99. The van der Waals surface area contributed by atoms with Crippen LogP contribution in [0.4, 0.5) is 0 Å². The molecule has 0 N–H and O–H groups in total. The number of fused-ring (bicyclic) bond motifs is 7. The molecule has 49 heavy (non-hydrogen) atoms. The lowest BCUT2D eigenvalue weighted by molar-refractivity contribution is 0.672. The van der Waals surface area contributed by atoms with E-state index in [0.717, 1.165) is 11.1 Å². The van der Waals surface area contributed by atoms with Gasteiger partial charge in [0.15, 0.2) is 0 Å². The van der Waals surface area contributed by atoms with Crippen molar-refractivity contribution in [2.45, 2.75) is 0 Å². The van der Waals surface area contributed by atoms with Gasteiger partial charge in [-0.25, -0.2) is 0 Å². The molecule has 9 aromatic carbocycles. The zero-order valence-electron chi connectivity index (χ0n) is 38.7. The van der Waals surface area contributed by atoms with E-state index in [1.165, 1.54) is 0 Å². The highest BCUT2D eigenvalue weighted by Gasteiger charge is 2.18. The zero-order chi connectivity index (χ0) is 43.6. The third-order valence-corrected chi connectivity index (χ3v) is 9.02. The molecule has 0 radical (unpaired) electrons. The molecule has 1 nitrogen and oxygen atoms in total. The van der Waals surface area contributed by atoms with Crippen LogP contribution in [0.3, 0.4) is 0 Å². The van der Waals surface area contributed by atoms with Crippen molar-refractivity contribution in [3.8, 4) is 44.5 Å². The molecule has 0 bridgehead atoms. The summed E-state index contributed by atoms with van der Waals surface area (Å²) in [4.78, 5) is 0. The van der Waals surface area contributed by atoms with Gasteiger partial charge in [-0.15, -0.1) is 0 Å². The van der Waals surface area contributed by atoms with Gasteiger partial charge >= 0.3 is 0 Å². The second-order valence-corrected chi connectivity index (χ2v) is 11.8. The van der Waals surface area contributed by atoms with Crippen LogP contribution in [0.25, 0.3) is 98.8 Å². The summed E-state index contributed by atoms with van der Waals surface area (Å²) in [6.45, 7) is 0. The lowest BCUT2D eigenvalue weighted by atomic mass is 9.85. The van der Waals surface area contributed by atoms with Crippen molar-refractivity contribution in [1.82, 2.24) is 0 Å². The smallest absolute Gasteiger partial charge is 0.143 e. The fourth-order valence-electron chi connectivity index (χ4n) is 6.74. The highest BCUT2D eigenvalue weighted by molar-refractivity contribution is 6.22. The first-order valence-electron chi connectivity index (χ1n) is 22.3. The summed E-state index contributed by atoms with van der Waals surface area (Å²) >= 11 is 0. The molecule has 1 aromatic heterocycles. The highest BCUT2D eigenvalue weighted by atomic mass is 16.3. The molecule has 228 valence electrons. The SMILES string of the molecule is [2H]c1c([2H])c(-c2c3ccccc3c(-c3c([2H])c([2H])c4oc5c6c([2H])c([2H])c([2H])c([2H])c6c([2H])c([2H])c5c4c3[2H])c3ccccc23)c([2H])c([2H])c1-c1ccc(-c2ccccc2)cc1. The molecule has 0 aliphatic carbocycles. The zero-order valence-corrected chi connectivity index (χ0v) is 25.7. The van der Waals surface area contributed by atoms with E-state index in [2.05, 4.69) is 0 Å². The van der Waals surface area contributed by atoms with E-state index in [-0.39, 0.29) is 85.7 Å². The van der Waals surface area contributed by atoms with Gasteiger partial charge in [-0.3, -0.25) is 0 Å². The Bertz CT molecular complexity index is 3510. The van der Waals surface area contributed by atoms with E-state index in [4.69, 9.17) is 12.6 Å². The largest absolute Gasteiger partial charge is 0.455 e. The third-order valence-electron chi connectivity index (χ3n) is 9.02. The first-order valence-corrected chi connectivity index (χ1v) is 15.8. The van der Waals surface area contributed by atoms with Gasteiger partial charge in [0.05, 0.1) is 17.8 Å². The normalized spacial score (nSPS) is 15.4. The minimum absolute atomic E-state index is 0.000931. The van der Waals surface area contributed by atoms with Crippen LogP contribution in [0, 0.1) is 0 Å². The molecule has 0 saturated carbocycles. The Morgan fingerprint density at radius 1 is 0.347 bits per heavy atom. The fourth-order valence-corrected chi connectivity index (χ4v) is 6.74. The van der Waals surface area contributed by atoms with E-state index in [0.29, 0.717) is 38.2 Å². The third kappa shape index (κ3) is 4.47. The number of hydrogen-bond acceptors (Lipinski definition) is 1. The number of hydrogen-bond donors (Lipinski definition) is 0. The van der Waals surface area contributed by atoms with Crippen LogP contribution in [0.5, 0.6) is 0 Å². The molecule has 10 aromatic rings. The average Bonchev–Trinajstić information content (AvgIpc) is 3.70. The van der Waals surface area contributed by atoms with Crippen LogP contribution in [-0.4, -0.2) is 0 Å². The van der Waals surface area contributed by atoms with E-state index in [1.807, 2.05) is 42.5 Å². The van der Waals surface area contributed by atoms with Crippen LogP contribution in [0.1, 0.15) is 17.8 Å². The average molecular weight is 636 g/mol. The Labute approximate surface area is 302 Å². The standard InChI is InChI=1S/C48H30O/c1-2-10-31(11-3-1)32-18-20-33(21-19-32)34-22-24-36(25-23-34)46-39-14-6-8-16-41(39)47(42-17-9-7-15-40(42)46)37-27-29-45-44(30-37)43-28-26-35-12-4-5-13-38(35)48(43)49-45/h1-30H/i4D,5D,12D,13D,22D,23D,24D,25D,26D,27D,28D,29D,30D. The van der Waals surface area contributed by atoms with Gasteiger partial charge in [0, 0.05) is 16.2 Å². The summed E-state index contributed by atoms with van der Waals surface area (Å²) in [5.74, 6) is 0. The van der Waals surface area contributed by atoms with Gasteiger partial charge in [-0.05, 0) is 89.6 Å². The Morgan fingerprint density at radius 2 is 0.878 bits per heavy atom. The molecule has 1 heteroatoms.